The van der Waals surface area contributed by atoms with Crippen LogP contribution in [0.5, 0.6) is 0 Å². The molecule has 2 heterocycles. The molecule has 0 spiro atoms. The number of para-hydroxylation sites is 2. The third kappa shape index (κ3) is 2.60. The van der Waals surface area contributed by atoms with Gasteiger partial charge in [-0.15, -0.1) is 9.67 Å². The highest BCUT2D eigenvalue weighted by Crippen LogP contribution is 2.25. The van der Waals surface area contributed by atoms with Gasteiger partial charge in [0.2, 0.25) is 5.82 Å². The van der Waals surface area contributed by atoms with Crippen LogP contribution in [0.4, 0.5) is 5.82 Å². The summed E-state index contributed by atoms with van der Waals surface area (Å²) in [5, 5.41) is 6.27. The molecule has 0 atom stereocenters. The third-order valence-corrected chi connectivity index (χ3v) is 4.45. The number of aryl methyl sites for hydroxylation is 1. The fourth-order valence-corrected chi connectivity index (χ4v) is 3.26. The Balaban J connectivity index is 1.67. The van der Waals surface area contributed by atoms with Gasteiger partial charge in [-0.1, -0.05) is 25.0 Å². The fraction of sp³-hybridized carbons (Fsp3) is 0.353. The van der Waals surface area contributed by atoms with Crippen LogP contribution in [0.2, 0.25) is 0 Å². The molecule has 0 radical (unpaired) electrons. The van der Waals surface area contributed by atoms with Crippen molar-refractivity contribution in [1.29, 1.82) is 0 Å². The maximum Gasteiger partial charge on any atom is 0.374 e. The van der Waals surface area contributed by atoms with Crippen molar-refractivity contribution in [3.05, 3.63) is 36.0 Å². The number of amides is 1. The molecule has 1 fully saturated rings. The number of nitrogens with zero attached hydrogens (tertiary/aromatic N) is 2. The first-order valence-corrected chi connectivity index (χ1v) is 8.08. The van der Waals surface area contributed by atoms with E-state index >= 15 is 0 Å². The lowest BCUT2D eigenvalue weighted by Gasteiger charge is -2.06. The number of hydrogen-bond acceptors (Lipinski definition) is 2. The Kier molecular flexibility index (Phi) is 3.37. The second-order valence-corrected chi connectivity index (χ2v) is 6.21. The van der Waals surface area contributed by atoms with Crippen molar-refractivity contribution in [2.45, 2.75) is 32.6 Å². The first kappa shape index (κ1) is 14.0. The molecule has 0 bridgehead atoms. The average Bonchev–Trinajstić information content (AvgIpc) is 3.25. The lowest BCUT2D eigenvalue weighted by atomic mass is 10.1. The Hall–Kier alpha value is -2.63. The van der Waals surface area contributed by atoms with Gasteiger partial charge in [0, 0.05) is 17.7 Å². The van der Waals surface area contributed by atoms with E-state index in [1.54, 1.807) is 4.68 Å². The normalized spacial score (nSPS) is 15.3. The van der Waals surface area contributed by atoms with Gasteiger partial charge in [-0.05, 0) is 31.9 Å². The Morgan fingerprint density at radius 1 is 1.30 bits per heavy atom. The van der Waals surface area contributed by atoms with Crippen LogP contribution >= 0.6 is 0 Å². The van der Waals surface area contributed by atoms with Crippen LogP contribution in [-0.4, -0.2) is 21.0 Å². The van der Waals surface area contributed by atoms with Crippen molar-refractivity contribution in [2.24, 2.45) is 5.92 Å². The number of hydrogen-bond donors (Lipinski definition) is 3. The largest absolute Gasteiger partial charge is 0.374 e. The van der Waals surface area contributed by atoms with Gasteiger partial charge >= 0.3 is 5.95 Å². The number of aromatic amines is 2. The molecule has 4 rings (SSSR count). The van der Waals surface area contributed by atoms with Crippen LogP contribution < -0.4 is 10.00 Å². The van der Waals surface area contributed by atoms with Crippen molar-refractivity contribution in [3.63, 3.8) is 0 Å². The van der Waals surface area contributed by atoms with Gasteiger partial charge in [0.25, 0.3) is 5.91 Å². The molecular weight excluding hydrogens is 290 g/mol. The molecule has 2 aromatic heterocycles. The molecule has 1 amide bonds. The molecule has 1 aliphatic rings. The minimum atomic E-state index is 0.103. The van der Waals surface area contributed by atoms with E-state index < -0.39 is 0 Å². The van der Waals surface area contributed by atoms with Gasteiger partial charge in [-0.3, -0.25) is 20.2 Å². The highest BCUT2D eigenvalue weighted by Gasteiger charge is 2.27. The molecule has 118 valence electrons. The van der Waals surface area contributed by atoms with Gasteiger partial charge in [0.1, 0.15) is 5.52 Å². The first-order valence-electron chi connectivity index (χ1n) is 8.08. The number of carbonyl (C=O) groups is 1. The number of nitrogens with one attached hydrogen (secondary N) is 3. The number of aromatic nitrogens is 4. The molecule has 0 aliphatic heterocycles. The maximum absolute atomic E-state index is 12.4. The zero-order valence-electron chi connectivity index (χ0n) is 13.1. The zero-order valence-corrected chi connectivity index (χ0v) is 13.1. The summed E-state index contributed by atoms with van der Waals surface area (Å²) in [6.45, 7) is 1.96. The number of imidazole rings is 1. The van der Waals surface area contributed by atoms with Crippen molar-refractivity contribution in [2.75, 3.05) is 5.32 Å². The lowest BCUT2D eigenvalue weighted by Crippen LogP contribution is -2.39. The van der Waals surface area contributed by atoms with E-state index in [0.717, 1.165) is 48.2 Å². The topological polar surface area (TPSA) is 77.5 Å². The predicted octanol–water partition coefficient (Wildman–Crippen LogP) is 2.60. The molecule has 23 heavy (non-hydrogen) atoms. The summed E-state index contributed by atoms with van der Waals surface area (Å²) < 4.78 is 1.79. The van der Waals surface area contributed by atoms with Gasteiger partial charge < -0.3 is 0 Å². The number of anilines is 1. The highest BCUT2D eigenvalue weighted by molar-refractivity contribution is 5.91. The van der Waals surface area contributed by atoms with Gasteiger partial charge in [0.15, 0.2) is 5.52 Å². The molecule has 6 heteroatoms. The number of benzene rings is 1. The van der Waals surface area contributed by atoms with Crippen LogP contribution in [0.3, 0.4) is 0 Å². The van der Waals surface area contributed by atoms with Crippen molar-refractivity contribution in [1.82, 2.24) is 15.1 Å². The SMILES string of the molecule is Cc1cc(NC(=O)C2CCCC2)[n+](-c2nc3ccccc3[nH]2)[nH]1. The van der Waals surface area contributed by atoms with E-state index in [2.05, 4.69) is 20.4 Å². The van der Waals surface area contributed by atoms with Crippen LogP contribution in [0.1, 0.15) is 31.4 Å². The molecule has 0 unspecified atom stereocenters. The lowest BCUT2D eigenvalue weighted by molar-refractivity contribution is -0.648. The second-order valence-electron chi connectivity index (χ2n) is 6.21. The van der Waals surface area contributed by atoms with E-state index in [4.69, 9.17) is 0 Å². The van der Waals surface area contributed by atoms with E-state index in [9.17, 15) is 4.79 Å². The monoisotopic (exact) mass is 310 g/mol. The Morgan fingerprint density at radius 2 is 2.09 bits per heavy atom. The van der Waals surface area contributed by atoms with Gasteiger partial charge in [-0.2, -0.15) is 0 Å². The van der Waals surface area contributed by atoms with E-state index in [-0.39, 0.29) is 11.8 Å². The number of fused-ring (bicyclic) bond motifs is 1. The highest BCUT2D eigenvalue weighted by atomic mass is 16.2. The predicted molar refractivity (Wildman–Crippen MR) is 87.3 cm³/mol. The number of rotatable bonds is 3. The second kappa shape index (κ2) is 5.53. The van der Waals surface area contributed by atoms with Crippen molar-refractivity contribution < 1.29 is 9.48 Å². The quantitative estimate of drug-likeness (QED) is 0.650. The zero-order chi connectivity index (χ0) is 15.8. The minimum Gasteiger partial charge on any atom is -0.261 e. The molecular formula is C17H20N5O+. The van der Waals surface area contributed by atoms with Crippen molar-refractivity contribution in [3.8, 4) is 5.95 Å². The summed E-state index contributed by atoms with van der Waals surface area (Å²) in [5.41, 5.74) is 2.83. The van der Waals surface area contributed by atoms with Crippen LogP contribution in [-0.2, 0) is 4.79 Å². The van der Waals surface area contributed by atoms with Crippen molar-refractivity contribution >= 4 is 22.8 Å². The molecule has 1 aliphatic carbocycles. The van der Waals surface area contributed by atoms with Crippen LogP contribution in [0.25, 0.3) is 17.0 Å². The minimum absolute atomic E-state index is 0.103. The summed E-state index contributed by atoms with van der Waals surface area (Å²) >= 11 is 0. The van der Waals surface area contributed by atoms with E-state index in [0.29, 0.717) is 5.95 Å². The molecule has 0 saturated heterocycles. The Bertz CT molecular complexity index is 824. The molecule has 1 saturated carbocycles. The maximum atomic E-state index is 12.4. The van der Waals surface area contributed by atoms with Gasteiger partial charge in [-0.25, -0.2) is 0 Å². The average molecular weight is 310 g/mol. The summed E-state index contributed by atoms with van der Waals surface area (Å²) in [7, 11) is 0. The molecule has 3 N–H and O–H groups in total. The smallest absolute Gasteiger partial charge is 0.261 e. The number of carbonyl (C=O) groups excluding carboxylic acids is 1. The summed E-state index contributed by atoms with van der Waals surface area (Å²) in [6.07, 6.45) is 4.27. The molecule has 3 aromatic rings. The van der Waals surface area contributed by atoms with E-state index in [1.165, 1.54) is 0 Å². The Morgan fingerprint density at radius 3 is 2.87 bits per heavy atom. The van der Waals surface area contributed by atoms with Crippen LogP contribution in [0.15, 0.2) is 30.3 Å². The fourth-order valence-electron chi connectivity index (χ4n) is 3.26. The third-order valence-electron chi connectivity index (χ3n) is 4.45. The molecule has 6 nitrogen and oxygen atoms in total. The summed E-state index contributed by atoms with van der Waals surface area (Å²) in [5.74, 6) is 1.63. The first-order chi connectivity index (χ1) is 11.2. The standard InChI is InChI=1S/C17H19N5O/c1-11-10-15(20-16(23)12-6-2-3-7-12)22(21-11)17-18-13-8-4-5-9-14(13)19-17/h4-5,8-10,12H,2-3,6-7H2,1H3,(H2,18,19,20,21,23)/p+1. The summed E-state index contributed by atoms with van der Waals surface area (Å²) in [6, 6.07) is 9.81. The Labute approximate surface area is 133 Å². The number of H-pyrrole nitrogens is 2. The van der Waals surface area contributed by atoms with Crippen LogP contribution in [0, 0.1) is 12.8 Å². The summed E-state index contributed by atoms with van der Waals surface area (Å²) in [4.78, 5) is 20.3. The van der Waals surface area contributed by atoms with E-state index in [1.807, 2.05) is 37.3 Å². The van der Waals surface area contributed by atoms with Gasteiger partial charge in [0.05, 0.1) is 0 Å². The molecule has 1 aromatic carbocycles.